The van der Waals surface area contributed by atoms with Gasteiger partial charge in [-0.05, 0) is 37.6 Å². The lowest BCUT2D eigenvalue weighted by molar-refractivity contribution is -0.126. The summed E-state index contributed by atoms with van der Waals surface area (Å²) in [7, 11) is 0. The van der Waals surface area contributed by atoms with E-state index in [1.165, 1.54) is 0 Å². The van der Waals surface area contributed by atoms with Crippen LogP contribution >= 0.6 is 0 Å². The van der Waals surface area contributed by atoms with Gasteiger partial charge in [0.2, 0.25) is 5.91 Å². The highest BCUT2D eigenvalue weighted by atomic mass is 16.2. The van der Waals surface area contributed by atoms with Crippen LogP contribution in [0, 0.1) is 5.41 Å². The Bertz CT molecular complexity index is 484. The molecule has 1 fully saturated rings. The third-order valence-corrected chi connectivity index (χ3v) is 3.51. The maximum absolute atomic E-state index is 12.2. The van der Waals surface area contributed by atoms with Gasteiger partial charge in [-0.3, -0.25) is 9.59 Å². The molecule has 1 atom stereocenters. The number of carbonyl (C=O) groups is 2. The summed E-state index contributed by atoms with van der Waals surface area (Å²) in [4.78, 5) is 25.2. The molecule has 1 unspecified atom stereocenters. The summed E-state index contributed by atoms with van der Waals surface area (Å²) in [5, 5.41) is 0. The van der Waals surface area contributed by atoms with E-state index in [0.29, 0.717) is 30.8 Å². The van der Waals surface area contributed by atoms with Crippen LogP contribution in [0.3, 0.4) is 0 Å². The van der Waals surface area contributed by atoms with Gasteiger partial charge >= 0.3 is 0 Å². The molecular weight excluding hydrogens is 230 g/mol. The molecule has 1 saturated heterocycles. The number of rotatable bonds is 2. The topological polar surface area (TPSA) is 89.4 Å². The predicted octanol–water partition coefficient (Wildman–Crippen LogP) is 0.606. The Morgan fingerprint density at radius 3 is 2.39 bits per heavy atom. The zero-order chi connectivity index (χ0) is 13.3. The second-order valence-corrected chi connectivity index (χ2v) is 5.02. The first kappa shape index (κ1) is 12.4. The SMILES string of the molecule is CC1(C(N)=O)CCN(C(=O)c2ccc(N)cc2)C1. The molecule has 0 saturated carbocycles. The van der Waals surface area contributed by atoms with E-state index >= 15 is 0 Å². The van der Waals surface area contributed by atoms with Crippen LogP contribution in [0.25, 0.3) is 0 Å². The van der Waals surface area contributed by atoms with Gasteiger partial charge < -0.3 is 16.4 Å². The Morgan fingerprint density at radius 1 is 1.28 bits per heavy atom. The zero-order valence-electron chi connectivity index (χ0n) is 10.3. The number of nitrogen functional groups attached to an aromatic ring is 1. The molecule has 5 nitrogen and oxygen atoms in total. The molecule has 0 spiro atoms. The molecule has 0 aromatic heterocycles. The summed E-state index contributed by atoms with van der Waals surface area (Å²) in [5.74, 6) is -0.435. The lowest BCUT2D eigenvalue weighted by atomic mass is 9.89. The minimum absolute atomic E-state index is 0.0834. The maximum Gasteiger partial charge on any atom is 0.253 e. The highest BCUT2D eigenvalue weighted by Crippen LogP contribution is 2.30. The molecule has 4 N–H and O–H groups in total. The molecule has 1 aliphatic heterocycles. The third kappa shape index (κ3) is 2.16. The van der Waals surface area contributed by atoms with Gasteiger partial charge in [-0.1, -0.05) is 0 Å². The zero-order valence-corrected chi connectivity index (χ0v) is 10.3. The van der Waals surface area contributed by atoms with Crippen LogP contribution in [0.5, 0.6) is 0 Å². The highest BCUT2D eigenvalue weighted by Gasteiger charge is 2.40. The number of nitrogens with zero attached hydrogens (tertiary/aromatic N) is 1. The van der Waals surface area contributed by atoms with Crippen molar-refractivity contribution in [3.05, 3.63) is 29.8 Å². The van der Waals surface area contributed by atoms with Crippen molar-refractivity contribution in [1.82, 2.24) is 4.90 Å². The second-order valence-electron chi connectivity index (χ2n) is 5.02. The van der Waals surface area contributed by atoms with E-state index in [1.807, 2.05) is 0 Å². The van der Waals surface area contributed by atoms with Gasteiger partial charge in [0, 0.05) is 24.3 Å². The molecule has 1 aromatic rings. The van der Waals surface area contributed by atoms with E-state index in [1.54, 1.807) is 36.1 Å². The number of anilines is 1. The van der Waals surface area contributed by atoms with Gasteiger partial charge in [-0.15, -0.1) is 0 Å². The largest absolute Gasteiger partial charge is 0.399 e. The average molecular weight is 247 g/mol. The van der Waals surface area contributed by atoms with Crippen molar-refractivity contribution in [1.29, 1.82) is 0 Å². The van der Waals surface area contributed by atoms with Crippen molar-refractivity contribution in [2.24, 2.45) is 11.1 Å². The standard InChI is InChI=1S/C13H17N3O2/c1-13(12(15)18)6-7-16(8-13)11(17)9-2-4-10(14)5-3-9/h2-5H,6-8,14H2,1H3,(H2,15,18). The fourth-order valence-electron chi connectivity index (χ4n) is 2.14. The molecule has 5 heteroatoms. The maximum atomic E-state index is 12.2. The third-order valence-electron chi connectivity index (χ3n) is 3.51. The molecule has 0 bridgehead atoms. The van der Waals surface area contributed by atoms with E-state index in [2.05, 4.69) is 0 Å². The molecular formula is C13H17N3O2. The van der Waals surface area contributed by atoms with Gasteiger partial charge in [-0.2, -0.15) is 0 Å². The van der Waals surface area contributed by atoms with Crippen LogP contribution < -0.4 is 11.5 Å². The van der Waals surface area contributed by atoms with Gasteiger partial charge in [0.25, 0.3) is 5.91 Å². The Labute approximate surface area is 106 Å². The molecule has 0 radical (unpaired) electrons. The fourth-order valence-corrected chi connectivity index (χ4v) is 2.14. The van der Waals surface area contributed by atoms with Crippen LogP contribution in [0.15, 0.2) is 24.3 Å². The molecule has 0 aliphatic carbocycles. The quantitative estimate of drug-likeness (QED) is 0.750. The van der Waals surface area contributed by atoms with Gasteiger partial charge in [-0.25, -0.2) is 0 Å². The Hall–Kier alpha value is -2.04. The van der Waals surface area contributed by atoms with Crippen LogP contribution in [-0.4, -0.2) is 29.8 Å². The summed E-state index contributed by atoms with van der Waals surface area (Å²) >= 11 is 0. The first-order valence-corrected chi connectivity index (χ1v) is 5.87. The minimum Gasteiger partial charge on any atom is -0.399 e. The Kier molecular flexibility index (Phi) is 2.98. The number of primary amides is 1. The van der Waals surface area contributed by atoms with E-state index in [0.717, 1.165) is 0 Å². The molecule has 1 aliphatic rings. The summed E-state index contributed by atoms with van der Waals surface area (Å²) in [6, 6.07) is 6.77. The van der Waals surface area contributed by atoms with Gasteiger partial charge in [0.05, 0.1) is 5.41 Å². The number of likely N-dealkylation sites (tertiary alicyclic amines) is 1. The highest BCUT2D eigenvalue weighted by molar-refractivity contribution is 5.95. The minimum atomic E-state index is -0.608. The Morgan fingerprint density at radius 2 is 1.89 bits per heavy atom. The lowest BCUT2D eigenvalue weighted by Crippen LogP contribution is -2.38. The van der Waals surface area contributed by atoms with Crippen molar-refractivity contribution in [2.45, 2.75) is 13.3 Å². The lowest BCUT2D eigenvalue weighted by Gasteiger charge is -2.21. The van der Waals surface area contributed by atoms with E-state index in [-0.39, 0.29) is 11.8 Å². The number of carbonyl (C=O) groups excluding carboxylic acids is 2. The summed E-state index contributed by atoms with van der Waals surface area (Å²) in [6.07, 6.45) is 0.614. The average Bonchev–Trinajstić information content (AvgIpc) is 2.73. The van der Waals surface area contributed by atoms with E-state index in [9.17, 15) is 9.59 Å². The van der Waals surface area contributed by atoms with Crippen LogP contribution in [0.4, 0.5) is 5.69 Å². The Balaban J connectivity index is 2.12. The predicted molar refractivity (Wildman–Crippen MR) is 68.7 cm³/mol. The summed E-state index contributed by atoms with van der Waals surface area (Å²) < 4.78 is 0. The first-order chi connectivity index (χ1) is 8.42. The number of amides is 2. The molecule has 2 amide bonds. The molecule has 18 heavy (non-hydrogen) atoms. The van der Waals surface area contributed by atoms with Crippen molar-refractivity contribution < 1.29 is 9.59 Å². The fraction of sp³-hybridized carbons (Fsp3) is 0.385. The second kappa shape index (κ2) is 4.33. The number of benzene rings is 1. The van der Waals surface area contributed by atoms with Crippen LogP contribution in [0.1, 0.15) is 23.7 Å². The normalized spacial score (nSPS) is 23.1. The number of hydrogen-bond acceptors (Lipinski definition) is 3. The van der Waals surface area contributed by atoms with E-state index < -0.39 is 5.41 Å². The van der Waals surface area contributed by atoms with Crippen molar-refractivity contribution in [2.75, 3.05) is 18.8 Å². The van der Waals surface area contributed by atoms with Crippen LogP contribution in [-0.2, 0) is 4.79 Å². The monoisotopic (exact) mass is 247 g/mol. The smallest absolute Gasteiger partial charge is 0.253 e. The van der Waals surface area contributed by atoms with Crippen molar-refractivity contribution in [3.63, 3.8) is 0 Å². The van der Waals surface area contributed by atoms with E-state index in [4.69, 9.17) is 11.5 Å². The number of hydrogen-bond donors (Lipinski definition) is 2. The molecule has 1 aromatic carbocycles. The first-order valence-electron chi connectivity index (χ1n) is 5.87. The van der Waals surface area contributed by atoms with Crippen LogP contribution in [0.2, 0.25) is 0 Å². The van der Waals surface area contributed by atoms with Gasteiger partial charge in [0.1, 0.15) is 0 Å². The molecule has 96 valence electrons. The summed E-state index contributed by atoms with van der Waals surface area (Å²) in [5.41, 5.74) is 11.5. The molecule has 1 heterocycles. The van der Waals surface area contributed by atoms with Crippen molar-refractivity contribution >= 4 is 17.5 Å². The summed E-state index contributed by atoms with van der Waals surface area (Å²) in [6.45, 7) is 2.74. The number of nitrogens with two attached hydrogens (primary N) is 2. The molecule has 2 rings (SSSR count). The van der Waals surface area contributed by atoms with Crippen molar-refractivity contribution in [3.8, 4) is 0 Å². The van der Waals surface area contributed by atoms with Gasteiger partial charge in [0.15, 0.2) is 0 Å².